The summed E-state index contributed by atoms with van der Waals surface area (Å²) in [4.78, 5) is 1.44. The van der Waals surface area contributed by atoms with Crippen LogP contribution in [0.4, 0.5) is 0 Å². The van der Waals surface area contributed by atoms with Crippen molar-refractivity contribution in [2.75, 3.05) is 6.54 Å². The summed E-state index contributed by atoms with van der Waals surface area (Å²) in [6, 6.07) is 15.6. The molecule has 0 spiro atoms. The molecule has 0 aliphatic rings. The Labute approximate surface area is 128 Å². The van der Waals surface area contributed by atoms with E-state index in [9.17, 15) is 0 Å². The van der Waals surface area contributed by atoms with E-state index >= 15 is 0 Å². The number of hydrogen-bond donors (Lipinski definition) is 1. The van der Waals surface area contributed by atoms with Crippen molar-refractivity contribution in [1.29, 1.82) is 0 Å². The van der Waals surface area contributed by atoms with Crippen molar-refractivity contribution in [3.63, 3.8) is 0 Å². The molecule has 1 aromatic heterocycles. The lowest BCUT2D eigenvalue weighted by Gasteiger charge is -2.16. The average Bonchev–Trinajstić information content (AvgIpc) is 2.84. The maximum absolute atomic E-state index is 3.67. The highest BCUT2D eigenvalue weighted by Gasteiger charge is 2.06. The van der Waals surface area contributed by atoms with E-state index < -0.39 is 0 Å². The average molecular weight is 338 g/mol. The van der Waals surface area contributed by atoms with Crippen LogP contribution in [0.3, 0.4) is 0 Å². The Hall–Kier alpha value is -0.640. The first-order valence-electron chi connectivity index (χ1n) is 6.79. The van der Waals surface area contributed by atoms with Gasteiger partial charge in [-0.2, -0.15) is 0 Å². The number of thiophene rings is 1. The zero-order valence-electron chi connectivity index (χ0n) is 11.2. The smallest absolute Gasteiger partial charge is 0.0701 e. The fraction of sp³-hybridized carbons (Fsp3) is 0.375. The molecule has 0 fully saturated rings. The monoisotopic (exact) mass is 337 g/mol. The maximum atomic E-state index is 3.67. The van der Waals surface area contributed by atoms with Crippen LogP contribution in [0.2, 0.25) is 0 Å². The summed E-state index contributed by atoms with van der Waals surface area (Å²) in [6.07, 6.45) is 3.40. The molecule has 1 nitrogen and oxygen atoms in total. The summed E-state index contributed by atoms with van der Waals surface area (Å²) in [5.74, 6) is 0. The molecular weight excluding hydrogens is 318 g/mol. The Morgan fingerprint density at radius 3 is 2.58 bits per heavy atom. The largest absolute Gasteiger partial charge is 0.313 e. The molecule has 0 aliphatic carbocycles. The lowest BCUT2D eigenvalue weighted by molar-refractivity contribution is 0.499. The highest BCUT2D eigenvalue weighted by molar-refractivity contribution is 9.11. The predicted octanol–water partition coefficient (Wildman–Crippen LogP) is 4.66. The van der Waals surface area contributed by atoms with Gasteiger partial charge in [-0.25, -0.2) is 0 Å². The molecular formula is C16H20BrNS. The third kappa shape index (κ3) is 5.09. The summed E-state index contributed by atoms with van der Waals surface area (Å²) >= 11 is 5.34. The second-order valence-corrected chi connectivity index (χ2v) is 7.25. The van der Waals surface area contributed by atoms with Crippen molar-refractivity contribution in [1.82, 2.24) is 5.32 Å². The number of nitrogens with one attached hydrogen (secondary N) is 1. The molecule has 0 radical (unpaired) electrons. The van der Waals surface area contributed by atoms with Crippen LogP contribution in [0, 0.1) is 0 Å². The van der Waals surface area contributed by atoms with Gasteiger partial charge in [0.15, 0.2) is 0 Å². The van der Waals surface area contributed by atoms with Crippen molar-refractivity contribution in [3.8, 4) is 0 Å². The number of rotatable bonds is 7. The van der Waals surface area contributed by atoms with Gasteiger partial charge in [-0.15, -0.1) is 11.3 Å². The Kier molecular flexibility index (Phi) is 6.08. The first-order valence-corrected chi connectivity index (χ1v) is 8.40. The molecule has 0 saturated carbocycles. The van der Waals surface area contributed by atoms with E-state index in [-0.39, 0.29) is 0 Å². The maximum Gasteiger partial charge on any atom is 0.0701 e. The molecule has 0 bridgehead atoms. The van der Waals surface area contributed by atoms with Crippen LogP contribution in [-0.2, 0) is 12.8 Å². The topological polar surface area (TPSA) is 12.0 Å². The highest BCUT2D eigenvalue weighted by Crippen LogP contribution is 2.22. The highest BCUT2D eigenvalue weighted by atomic mass is 79.9. The lowest BCUT2D eigenvalue weighted by Crippen LogP contribution is -2.32. The Morgan fingerprint density at radius 2 is 1.95 bits per heavy atom. The minimum Gasteiger partial charge on any atom is -0.313 e. The molecule has 0 aliphatic heterocycles. The Balaban J connectivity index is 1.76. The molecule has 0 saturated heterocycles. The molecule has 1 aromatic carbocycles. The Bertz CT molecular complexity index is 481. The summed E-state index contributed by atoms with van der Waals surface area (Å²) < 4.78 is 1.22. The van der Waals surface area contributed by atoms with E-state index in [1.54, 1.807) is 0 Å². The normalized spacial score (nSPS) is 12.5. The minimum atomic E-state index is 0.575. The minimum absolute atomic E-state index is 0.575. The van der Waals surface area contributed by atoms with Gasteiger partial charge in [-0.3, -0.25) is 0 Å². The fourth-order valence-corrected chi connectivity index (χ4v) is 3.63. The SMILES string of the molecule is CCC(Cc1ccccc1)NCCc1ccc(Br)s1. The number of benzene rings is 1. The molecule has 19 heavy (non-hydrogen) atoms. The predicted molar refractivity (Wildman–Crippen MR) is 88.0 cm³/mol. The van der Waals surface area contributed by atoms with Crippen molar-refractivity contribution < 1.29 is 0 Å². The van der Waals surface area contributed by atoms with Crippen LogP contribution >= 0.6 is 27.3 Å². The van der Waals surface area contributed by atoms with E-state index in [2.05, 4.69) is 70.6 Å². The second kappa shape index (κ2) is 7.83. The van der Waals surface area contributed by atoms with Gasteiger partial charge in [-0.05, 0) is 52.9 Å². The first-order chi connectivity index (χ1) is 9.28. The molecule has 1 atom stereocenters. The van der Waals surface area contributed by atoms with E-state index in [4.69, 9.17) is 0 Å². The van der Waals surface area contributed by atoms with Crippen molar-refractivity contribution in [2.24, 2.45) is 0 Å². The molecule has 102 valence electrons. The van der Waals surface area contributed by atoms with Gasteiger partial charge in [0.25, 0.3) is 0 Å². The third-order valence-corrected chi connectivity index (χ3v) is 4.93. The second-order valence-electron chi connectivity index (χ2n) is 4.70. The molecule has 1 N–H and O–H groups in total. The van der Waals surface area contributed by atoms with Gasteiger partial charge in [0.05, 0.1) is 3.79 Å². The van der Waals surface area contributed by atoms with Crippen LogP contribution < -0.4 is 5.32 Å². The lowest BCUT2D eigenvalue weighted by atomic mass is 10.0. The Morgan fingerprint density at radius 1 is 1.16 bits per heavy atom. The molecule has 2 aromatic rings. The van der Waals surface area contributed by atoms with Gasteiger partial charge in [-0.1, -0.05) is 37.3 Å². The number of halogens is 1. The van der Waals surface area contributed by atoms with Crippen LogP contribution in [-0.4, -0.2) is 12.6 Å². The van der Waals surface area contributed by atoms with Gasteiger partial charge >= 0.3 is 0 Å². The molecule has 0 amide bonds. The summed E-state index contributed by atoms with van der Waals surface area (Å²) in [6.45, 7) is 3.31. The standard InChI is InChI=1S/C16H20BrNS/c1-2-14(12-13-6-4-3-5-7-13)18-11-10-15-8-9-16(17)19-15/h3-9,14,18H,2,10-12H2,1H3. The van der Waals surface area contributed by atoms with Crippen LogP contribution in [0.25, 0.3) is 0 Å². The van der Waals surface area contributed by atoms with Crippen LogP contribution in [0.1, 0.15) is 23.8 Å². The van der Waals surface area contributed by atoms with Crippen LogP contribution in [0.15, 0.2) is 46.3 Å². The molecule has 3 heteroatoms. The summed E-state index contributed by atoms with van der Waals surface area (Å²) in [7, 11) is 0. The van der Waals surface area contributed by atoms with E-state index in [1.807, 2.05) is 11.3 Å². The third-order valence-electron chi connectivity index (χ3n) is 3.25. The zero-order valence-corrected chi connectivity index (χ0v) is 13.6. The van der Waals surface area contributed by atoms with Gasteiger partial charge in [0.2, 0.25) is 0 Å². The van der Waals surface area contributed by atoms with E-state index in [0.29, 0.717) is 6.04 Å². The van der Waals surface area contributed by atoms with Gasteiger partial charge in [0, 0.05) is 17.5 Å². The fourth-order valence-electron chi connectivity index (χ4n) is 2.15. The number of hydrogen-bond acceptors (Lipinski definition) is 2. The molecule has 1 heterocycles. The van der Waals surface area contributed by atoms with Gasteiger partial charge < -0.3 is 5.32 Å². The summed E-state index contributed by atoms with van der Waals surface area (Å²) in [5, 5.41) is 3.67. The van der Waals surface area contributed by atoms with Gasteiger partial charge in [0.1, 0.15) is 0 Å². The van der Waals surface area contributed by atoms with Crippen molar-refractivity contribution in [3.05, 3.63) is 56.7 Å². The first kappa shape index (κ1) is 14.8. The van der Waals surface area contributed by atoms with Crippen molar-refractivity contribution >= 4 is 27.3 Å². The van der Waals surface area contributed by atoms with Crippen molar-refractivity contribution in [2.45, 2.75) is 32.2 Å². The molecule has 1 unspecified atom stereocenters. The van der Waals surface area contributed by atoms with E-state index in [1.165, 1.54) is 20.6 Å². The van der Waals surface area contributed by atoms with Crippen LogP contribution in [0.5, 0.6) is 0 Å². The quantitative estimate of drug-likeness (QED) is 0.774. The summed E-state index contributed by atoms with van der Waals surface area (Å²) in [5.41, 5.74) is 1.42. The molecule has 2 rings (SSSR count). The van der Waals surface area contributed by atoms with E-state index in [0.717, 1.165) is 19.4 Å². The zero-order chi connectivity index (χ0) is 13.5.